The summed E-state index contributed by atoms with van der Waals surface area (Å²) in [5, 5.41) is 8.69. The number of amides is 3. The average molecular weight is 724 g/mol. The number of carbonyl (C=O) groups is 4. The molecule has 12 heteroatoms. The number of hydrogen-bond acceptors (Lipinski definition) is 8. The molecule has 0 spiro atoms. The van der Waals surface area contributed by atoms with E-state index in [1.807, 2.05) is 24.3 Å². The highest BCUT2D eigenvalue weighted by atomic mass is 32.1. The first-order chi connectivity index (χ1) is 25.2. The van der Waals surface area contributed by atoms with Gasteiger partial charge in [-0.25, -0.2) is 14.2 Å². The number of piperidine rings is 1. The largest absolute Gasteiger partial charge is 0.448 e. The molecule has 270 valence electrons. The Bertz CT molecular complexity index is 1920. The van der Waals surface area contributed by atoms with Gasteiger partial charge in [-0.15, -0.1) is 11.3 Å². The highest BCUT2D eigenvalue weighted by Gasteiger charge is 2.41. The number of aromatic nitrogens is 1. The van der Waals surface area contributed by atoms with E-state index in [1.54, 1.807) is 17.2 Å². The molecule has 10 nitrogen and oxygen atoms in total. The molecule has 2 saturated heterocycles. The van der Waals surface area contributed by atoms with Crippen molar-refractivity contribution in [2.75, 3.05) is 33.3 Å². The van der Waals surface area contributed by atoms with Gasteiger partial charge in [0.1, 0.15) is 35.2 Å². The topological polar surface area (TPSA) is 121 Å². The zero-order valence-electron chi connectivity index (χ0n) is 29.2. The van der Waals surface area contributed by atoms with Crippen LogP contribution in [0.15, 0.2) is 78.2 Å². The van der Waals surface area contributed by atoms with Crippen LogP contribution in [0.4, 0.5) is 9.18 Å². The number of nitrogens with zero attached hydrogens (tertiary/aromatic N) is 3. The molecule has 0 radical (unpaired) electrons. The Kier molecular flexibility index (Phi) is 10.5. The maximum atomic E-state index is 14.4. The van der Waals surface area contributed by atoms with E-state index >= 15 is 0 Å². The van der Waals surface area contributed by atoms with E-state index < -0.39 is 29.9 Å². The zero-order chi connectivity index (χ0) is 36.4. The number of halogens is 1. The molecule has 3 atom stereocenters. The Morgan fingerprint density at radius 2 is 1.63 bits per heavy atom. The van der Waals surface area contributed by atoms with Crippen molar-refractivity contribution in [3.8, 4) is 11.1 Å². The summed E-state index contributed by atoms with van der Waals surface area (Å²) in [5.41, 5.74) is 5.04. The van der Waals surface area contributed by atoms with Gasteiger partial charge in [-0.2, -0.15) is 0 Å². The van der Waals surface area contributed by atoms with Crippen LogP contribution >= 0.6 is 11.3 Å². The molecule has 1 unspecified atom stereocenters. The minimum absolute atomic E-state index is 0.0992. The second kappa shape index (κ2) is 15.3. The minimum atomic E-state index is -0.902. The van der Waals surface area contributed by atoms with Crippen molar-refractivity contribution >= 4 is 35.0 Å². The number of hydrogen-bond donors (Lipinski definition) is 2. The van der Waals surface area contributed by atoms with Crippen LogP contribution in [0.25, 0.3) is 11.1 Å². The first-order valence-corrected chi connectivity index (χ1v) is 18.7. The van der Waals surface area contributed by atoms with Crippen molar-refractivity contribution in [2.24, 2.45) is 5.92 Å². The number of likely N-dealkylation sites (tertiary alicyclic amines) is 1. The highest BCUT2D eigenvalue weighted by Crippen LogP contribution is 2.44. The van der Waals surface area contributed by atoms with Gasteiger partial charge in [-0.1, -0.05) is 48.5 Å². The fourth-order valence-electron chi connectivity index (χ4n) is 7.62. The molecule has 2 aliphatic heterocycles. The molecule has 0 bridgehead atoms. The Hall–Kier alpha value is -4.94. The van der Waals surface area contributed by atoms with Crippen molar-refractivity contribution in [1.29, 1.82) is 0 Å². The lowest BCUT2D eigenvalue weighted by Gasteiger charge is -2.36. The third kappa shape index (κ3) is 7.09. The van der Waals surface area contributed by atoms with Gasteiger partial charge in [-0.3, -0.25) is 19.3 Å². The Labute approximate surface area is 306 Å². The number of ketones is 1. The fourth-order valence-corrected chi connectivity index (χ4v) is 8.57. The second-order valence-electron chi connectivity index (χ2n) is 13.8. The standard InChI is InChI=1S/C40H42FN5O5S/c1-24(45(2)40(50)51-22-32-30-10-5-3-8-28(30)29-9-4-6-11-31(29)32)37(48)44-35(25-17-19-42-20-18-25)39(49)46-21-7-12-34(46)38-43-33(23-52-38)36(47)26-13-15-27(41)16-14-26/h3-6,8-11,13-16,23-25,32,34-35,42H,7,12,17-22H2,1-2H3,(H,44,48)/t24-,34-,35?/m0/s1. The number of benzene rings is 3. The number of nitrogens with one attached hydrogen (secondary N) is 2. The number of fused-ring (bicyclic) bond motifs is 3. The van der Waals surface area contributed by atoms with E-state index in [2.05, 4.69) is 39.9 Å². The van der Waals surface area contributed by atoms with Crippen LogP contribution in [0.3, 0.4) is 0 Å². The smallest absolute Gasteiger partial charge is 0.410 e. The van der Waals surface area contributed by atoms with Crippen LogP contribution in [0.5, 0.6) is 0 Å². The van der Waals surface area contributed by atoms with E-state index in [0.29, 0.717) is 36.4 Å². The molecule has 52 heavy (non-hydrogen) atoms. The number of ether oxygens (including phenoxy) is 1. The van der Waals surface area contributed by atoms with E-state index in [-0.39, 0.29) is 41.9 Å². The Morgan fingerprint density at radius 3 is 2.31 bits per heavy atom. The summed E-state index contributed by atoms with van der Waals surface area (Å²) < 4.78 is 19.2. The maximum absolute atomic E-state index is 14.4. The van der Waals surface area contributed by atoms with Crippen LogP contribution in [0, 0.1) is 11.7 Å². The Balaban J connectivity index is 1.02. The summed E-state index contributed by atoms with van der Waals surface area (Å²) in [5.74, 6) is -1.58. The first-order valence-electron chi connectivity index (χ1n) is 17.9. The molecule has 3 aliphatic rings. The molecule has 3 heterocycles. The minimum Gasteiger partial charge on any atom is -0.448 e. The van der Waals surface area contributed by atoms with E-state index in [9.17, 15) is 23.6 Å². The van der Waals surface area contributed by atoms with Gasteiger partial charge in [0, 0.05) is 30.5 Å². The van der Waals surface area contributed by atoms with Gasteiger partial charge in [-0.05, 0) is 98.1 Å². The SMILES string of the molecule is C[C@@H](C(=O)NC(C(=O)N1CCC[C@H]1c1nc(C(=O)c2ccc(F)cc2)cs1)C1CCNCC1)N(C)C(=O)OCC1c2ccccc2-c2ccccc21. The molecule has 2 fully saturated rings. The van der Waals surface area contributed by atoms with Crippen molar-refractivity contribution in [1.82, 2.24) is 25.4 Å². The van der Waals surface area contributed by atoms with Crippen LogP contribution < -0.4 is 10.6 Å². The summed E-state index contributed by atoms with van der Waals surface area (Å²) >= 11 is 1.32. The third-order valence-electron chi connectivity index (χ3n) is 10.7. The molecule has 3 amide bonds. The van der Waals surface area contributed by atoms with Crippen LogP contribution in [-0.4, -0.2) is 83.8 Å². The number of likely N-dealkylation sites (N-methyl/N-ethyl adjacent to an activating group) is 1. The van der Waals surface area contributed by atoms with Crippen molar-refractivity contribution in [3.63, 3.8) is 0 Å². The van der Waals surface area contributed by atoms with Crippen molar-refractivity contribution in [3.05, 3.63) is 111 Å². The number of thiazole rings is 1. The summed E-state index contributed by atoms with van der Waals surface area (Å²) in [6.45, 7) is 3.71. The molecule has 0 saturated carbocycles. The van der Waals surface area contributed by atoms with Gasteiger partial charge >= 0.3 is 6.09 Å². The van der Waals surface area contributed by atoms with Crippen LogP contribution in [0.1, 0.15) is 76.8 Å². The predicted octanol–water partition coefficient (Wildman–Crippen LogP) is 5.93. The summed E-state index contributed by atoms with van der Waals surface area (Å²) in [7, 11) is 1.54. The predicted molar refractivity (Wildman–Crippen MR) is 195 cm³/mol. The monoisotopic (exact) mass is 723 g/mol. The van der Waals surface area contributed by atoms with Gasteiger partial charge in [0.25, 0.3) is 0 Å². The quantitative estimate of drug-likeness (QED) is 0.195. The van der Waals surface area contributed by atoms with Gasteiger partial charge in [0.15, 0.2) is 0 Å². The van der Waals surface area contributed by atoms with Crippen LogP contribution in [-0.2, 0) is 14.3 Å². The van der Waals surface area contributed by atoms with Gasteiger partial charge < -0.3 is 20.3 Å². The van der Waals surface area contributed by atoms with Crippen molar-refractivity contribution < 1.29 is 28.3 Å². The number of rotatable bonds is 10. The third-order valence-corrected chi connectivity index (χ3v) is 11.6. The summed E-state index contributed by atoms with van der Waals surface area (Å²) in [6.07, 6.45) is 2.23. The average Bonchev–Trinajstić information content (AvgIpc) is 3.94. The fraction of sp³-hybridized carbons (Fsp3) is 0.375. The lowest BCUT2D eigenvalue weighted by Crippen LogP contribution is -2.57. The van der Waals surface area contributed by atoms with Gasteiger partial charge in [0.2, 0.25) is 17.6 Å². The van der Waals surface area contributed by atoms with E-state index in [4.69, 9.17) is 4.74 Å². The van der Waals surface area contributed by atoms with Crippen LogP contribution in [0.2, 0.25) is 0 Å². The molecule has 1 aromatic heterocycles. The normalized spacial score (nSPS) is 18.3. The zero-order valence-corrected chi connectivity index (χ0v) is 30.0. The summed E-state index contributed by atoms with van der Waals surface area (Å²) in [4.78, 5) is 62.3. The van der Waals surface area contributed by atoms with Crippen molar-refractivity contribution in [2.45, 2.75) is 56.7 Å². The lowest BCUT2D eigenvalue weighted by molar-refractivity contribution is -0.140. The maximum Gasteiger partial charge on any atom is 0.410 e. The van der Waals surface area contributed by atoms with E-state index in [0.717, 1.165) is 41.8 Å². The molecule has 2 N–H and O–H groups in total. The molecule has 1 aliphatic carbocycles. The molecule has 7 rings (SSSR count). The number of carbonyl (C=O) groups excluding carboxylic acids is 4. The lowest BCUT2D eigenvalue weighted by atomic mass is 9.89. The molecule has 3 aromatic carbocycles. The molecular weight excluding hydrogens is 682 g/mol. The van der Waals surface area contributed by atoms with E-state index in [1.165, 1.54) is 47.5 Å². The molecule has 4 aromatic rings. The summed E-state index contributed by atoms with van der Waals surface area (Å²) in [6, 6.07) is 19.5. The van der Waals surface area contributed by atoms with Gasteiger partial charge in [0.05, 0.1) is 6.04 Å². The Morgan fingerprint density at radius 1 is 0.981 bits per heavy atom. The molecular formula is C40H42FN5O5S. The first kappa shape index (κ1) is 35.5. The second-order valence-corrected chi connectivity index (χ2v) is 14.7. The highest BCUT2D eigenvalue weighted by molar-refractivity contribution is 7.10.